The van der Waals surface area contributed by atoms with Crippen molar-refractivity contribution in [2.45, 2.75) is 25.3 Å². The number of amides is 1. The van der Waals surface area contributed by atoms with Crippen molar-refractivity contribution in [1.82, 2.24) is 14.9 Å². The van der Waals surface area contributed by atoms with Gasteiger partial charge in [-0.05, 0) is 30.7 Å². The summed E-state index contributed by atoms with van der Waals surface area (Å²) in [6.07, 6.45) is 4.10. The van der Waals surface area contributed by atoms with Crippen LogP contribution in [0.1, 0.15) is 25.3 Å². The lowest BCUT2D eigenvalue weighted by molar-refractivity contribution is -0.124. The van der Waals surface area contributed by atoms with Gasteiger partial charge in [0.2, 0.25) is 5.91 Å². The number of hydrogen-bond acceptors (Lipinski definition) is 4. The van der Waals surface area contributed by atoms with E-state index >= 15 is 0 Å². The minimum Gasteiger partial charge on any atom is -0.354 e. The summed E-state index contributed by atoms with van der Waals surface area (Å²) < 4.78 is 1.47. The van der Waals surface area contributed by atoms with Crippen molar-refractivity contribution in [2.24, 2.45) is 0 Å². The zero-order valence-corrected chi connectivity index (χ0v) is 10.6. The summed E-state index contributed by atoms with van der Waals surface area (Å²) in [5.41, 5.74) is -0.122. The van der Waals surface area contributed by atoms with E-state index in [-0.39, 0.29) is 11.5 Å². The summed E-state index contributed by atoms with van der Waals surface area (Å²) in [7, 11) is 0. The highest BCUT2D eigenvalue weighted by molar-refractivity contribution is 7.16. The molecule has 1 atom stereocenters. The largest absolute Gasteiger partial charge is 0.354 e. The second-order valence-electron chi connectivity index (χ2n) is 4.40. The molecule has 1 amide bonds. The van der Waals surface area contributed by atoms with Gasteiger partial charge in [-0.2, -0.15) is 0 Å². The number of thiophene rings is 1. The monoisotopic (exact) mass is 263 g/mol. The Morgan fingerprint density at radius 2 is 2.28 bits per heavy atom. The van der Waals surface area contributed by atoms with E-state index in [0.717, 1.165) is 17.7 Å². The maximum atomic E-state index is 12.3. The molecule has 0 unspecified atom stereocenters. The van der Waals surface area contributed by atoms with E-state index in [1.165, 1.54) is 22.2 Å². The van der Waals surface area contributed by atoms with E-state index in [2.05, 4.69) is 10.3 Å². The lowest BCUT2D eigenvalue weighted by Crippen LogP contribution is -2.35. The summed E-state index contributed by atoms with van der Waals surface area (Å²) in [6, 6.07) is 1.34. The van der Waals surface area contributed by atoms with Gasteiger partial charge in [0.15, 0.2) is 0 Å². The molecule has 1 N–H and O–H groups in total. The van der Waals surface area contributed by atoms with Crippen LogP contribution in [0.4, 0.5) is 0 Å². The molecular formula is C12H13N3O2S. The van der Waals surface area contributed by atoms with E-state index in [9.17, 15) is 9.59 Å². The quantitative estimate of drug-likeness (QED) is 0.843. The first-order chi connectivity index (χ1) is 8.77. The molecule has 1 saturated heterocycles. The zero-order chi connectivity index (χ0) is 12.5. The van der Waals surface area contributed by atoms with Crippen LogP contribution in [0.3, 0.4) is 0 Å². The van der Waals surface area contributed by atoms with Crippen LogP contribution in [0, 0.1) is 0 Å². The Labute approximate surface area is 107 Å². The van der Waals surface area contributed by atoms with E-state index in [1.807, 2.05) is 5.38 Å². The van der Waals surface area contributed by atoms with E-state index in [0.29, 0.717) is 18.4 Å². The second-order valence-corrected chi connectivity index (χ2v) is 5.29. The summed E-state index contributed by atoms with van der Waals surface area (Å²) in [6.45, 7) is 0.693. The Bertz CT molecular complexity index is 646. The average molecular weight is 263 g/mol. The predicted molar refractivity (Wildman–Crippen MR) is 69.8 cm³/mol. The van der Waals surface area contributed by atoms with E-state index in [4.69, 9.17) is 0 Å². The first-order valence-corrected chi connectivity index (χ1v) is 6.87. The van der Waals surface area contributed by atoms with Crippen LogP contribution >= 0.6 is 11.3 Å². The highest BCUT2D eigenvalue weighted by atomic mass is 32.1. The summed E-state index contributed by atoms with van der Waals surface area (Å²) in [5.74, 6) is -0.0778. The van der Waals surface area contributed by atoms with Crippen molar-refractivity contribution >= 4 is 27.5 Å². The van der Waals surface area contributed by atoms with Crippen molar-refractivity contribution in [1.29, 1.82) is 0 Å². The molecule has 0 aromatic carbocycles. The lowest BCUT2D eigenvalue weighted by Gasteiger charge is -2.15. The number of nitrogens with zero attached hydrogens (tertiary/aromatic N) is 2. The minimum absolute atomic E-state index is 0.0778. The standard InChI is InChI=1S/C12H13N3O2S/c16-10-9(3-1-2-5-13-10)15-7-14-11-8(12(15)17)4-6-18-11/h4,6-7,9H,1-3,5H2,(H,13,16)/t9-/m1/s1. The normalized spacial score (nSPS) is 20.7. The van der Waals surface area contributed by atoms with E-state index in [1.54, 1.807) is 6.07 Å². The molecule has 2 aromatic heterocycles. The molecule has 0 radical (unpaired) electrons. The maximum absolute atomic E-state index is 12.3. The molecule has 1 aliphatic heterocycles. The molecule has 5 nitrogen and oxygen atoms in total. The van der Waals surface area contributed by atoms with Gasteiger partial charge in [-0.25, -0.2) is 4.98 Å². The van der Waals surface area contributed by atoms with Gasteiger partial charge in [-0.15, -0.1) is 11.3 Å². The van der Waals surface area contributed by atoms with Crippen LogP contribution in [0.2, 0.25) is 0 Å². The fourth-order valence-corrected chi connectivity index (χ4v) is 3.00. The van der Waals surface area contributed by atoms with Gasteiger partial charge < -0.3 is 5.32 Å². The SMILES string of the molecule is O=C1NCCCC[C@H]1n1cnc2sccc2c1=O. The number of aromatic nitrogens is 2. The predicted octanol–water partition coefficient (Wildman–Crippen LogP) is 1.30. The third-order valence-electron chi connectivity index (χ3n) is 3.25. The van der Waals surface area contributed by atoms with Gasteiger partial charge in [0.1, 0.15) is 10.9 Å². The molecule has 1 aliphatic rings. The van der Waals surface area contributed by atoms with Gasteiger partial charge in [0.25, 0.3) is 5.56 Å². The van der Waals surface area contributed by atoms with Crippen LogP contribution in [0.15, 0.2) is 22.6 Å². The minimum atomic E-state index is -0.420. The number of carbonyl (C=O) groups is 1. The third kappa shape index (κ3) is 1.82. The average Bonchev–Trinajstić information content (AvgIpc) is 2.75. The molecule has 6 heteroatoms. The topological polar surface area (TPSA) is 64.0 Å². The number of rotatable bonds is 1. The number of nitrogens with one attached hydrogen (secondary N) is 1. The maximum Gasteiger partial charge on any atom is 0.262 e. The van der Waals surface area contributed by atoms with Gasteiger partial charge in [0, 0.05) is 6.54 Å². The number of carbonyl (C=O) groups excluding carboxylic acids is 1. The first-order valence-electron chi connectivity index (χ1n) is 5.99. The zero-order valence-electron chi connectivity index (χ0n) is 9.76. The fourth-order valence-electron chi connectivity index (χ4n) is 2.28. The second kappa shape index (κ2) is 4.53. The highest BCUT2D eigenvalue weighted by Crippen LogP contribution is 2.19. The van der Waals surface area contributed by atoms with Gasteiger partial charge in [0.05, 0.1) is 11.7 Å². The Kier molecular flexibility index (Phi) is 2.87. The van der Waals surface area contributed by atoms with Crippen molar-refractivity contribution in [2.75, 3.05) is 6.54 Å². The third-order valence-corrected chi connectivity index (χ3v) is 4.07. The van der Waals surface area contributed by atoms with Gasteiger partial charge in [-0.3, -0.25) is 14.2 Å². The molecule has 18 heavy (non-hydrogen) atoms. The fraction of sp³-hybridized carbons (Fsp3) is 0.417. The van der Waals surface area contributed by atoms with Crippen LogP contribution in [-0.2, 0) is 4.79 Å². The Morgan fingerprint density at radius 1 is 1.39 bits per heavy atom. The van der Waals surface area contributed by atoms with Crippen LogP contribution in [0.5, 0.6) is 0 Å². The first kappa shape index (κ1) is 11.4. The molecule has 0 aliphatic carbocycles. The van der Waals surface area contributed by atoms with Crippen molar-refractivity contribution in [3.05, 3.63) is 28.1 Å². The molecule has 94 valence electrons. The van der Waals surface area contributed by atoms with Crippen molar-refractivity contribution in [3.63, 3.8) is 0 Å². The number of hydrogen-bond donors (Lipinski definition) is 1. The Balaban J connectivity index is 2.10. The highest BCUT2D eigenvalue weighted by Gasteiger charge is 2.24. The summed E-state index contributed by atoms with van der Waals surface area (Å²) in [5, 5.41) is 5.28. The van der Waals surface area contributed by atoms with E-state index < -0.39 is 6.04 Å². The van der Waals surface area contributed by atoms with Gasteiger partial charge in [-0.1, -0.05) is 0 Å². The van der Waals surface area contributed by atoms with Crippen LogP contribution < -0.4 is 10.9 Å². The molecule has 1 fully saturated rings. The molecule has 0 spiro atoms. The van der Waals surface area contributed by atoms with Crippen LogP contribution in [-0.4, -0.2) is 22.0 Å². The summed E-state index contributed by atoms with van der Waals surface area (Å²) >= 11 is 1.44. The summed E-state index contributed by atoms with van der Waals surface area (Å²) in [4.78, 5) is 29.2. The molecule has 0 bridgehead atoms. The lowest BCUT2D eigenvalue weighted by atomic mass is 10.1. The van der Waals surface area contributed by atoms with Crippen LogP contribution in [0.25, 0.3) is 10.2 Å². The molecule has 3 heterocycles. The van der Waals surface area contributed by atoms with Crippen molar-refractivity contribution in [3.8, 4) is 0 Å². The molecule has 0 saturated carbocycles. The number of fused-ring (bicyclic) bond motifs is 1. The Hall–Kier alpha value is -1.69. The Morgan fingerprint density at radius 3 is 3.17 bits per heavy atom. The molecular weight excluding hydrogens is 250 g/mol. The van der Waals surface area contributed by atoms with Crippen molar-refractivity contribution < 1.29 is 4.79 Å². The molecule has 2 aromatic rings. The molecule has 3 rings (SSSR count). The smallest absolute Gasteiger partial charge is 0.262 e. The van der Waals surface area contributed by atoms with Gasteiger partial charge >= 0.3 is 0 Å².